The highest BCUT2D eigenvalue weighted by molar-refractivity contribution is 7.99. The Hall–Kier alpha value is -2.39. The average molecular weight is 364 g/mol. The van der Waals surface area contributed by atoms with Crippen molar-refractivity contribution in [1.29, 1.82) is 0 Å². The number of amides is 1. The van der Waals surface area contributed by atoms with Crippen molar-refractivity contribution in [1.82, 2.24) is 14.8 Å². The summed E-state index contributed by atoms with van der Waals surface area (Å²) >= 11 is 1.15. The molecule has 2 rings (SSSR count). The normalized spacial score (nSPS) is 10.6. The van der Waals surface area contributed by atoms with E-state index in [2.05, 4.69) is 15.5 Å². The van der Waals surface area contributed by atoms with E-state index < -0.39 is 0 Å². The minimum Gasteiger partial charge on any atom is -0.385 e. The summed E-state index contributed by atoms with van der Waals surface area (Å²) in [6.07, 6.45) is 0.668. The second kappa shape index (κ2) is 9.19. The number of rotatable bonds is 9. The Morgan fingerprint density at radius 2 is 2.12 bits per heavy atom. The average Bonchev–Trinajstić information content (AvgIpc) is 2.94. The minimum atomic E-state index is -0.319. The van der Waals surface area contributed by atoms with Gasteiger partial charge >= 0.3 is 5.69 Å². The fourth-order valence-corrected chi connectivity index (χ4v) is 2.97. The van der Waals surface area contributed by atoms with E-state index in [0.717, 1.165) is 11.8 Å². The predicted octanol–water partition coefficient (Wildman–Crippen LogP) is 1.54. The SMILES string of the molecule is COCCCn1c(SCC(=O)Nc2ccccc2C(C)=O)n[nH]c1=O. The predicted molar refractivity (Wildman–Crippen MR) is 95.1 cm³/mol. The molecule has 9 heteroatoms. The van der Waals surface area contributed by atoms with Crippen molar-refractivity contribution in [2.75, 3.05) is 24.8 Å². The van der Waals surface area contributed by atoms with Crippen LogP contribution >= 0.6 is 11.8 Å². The number of hydrogen-bond acceptors (Lipinski definition) is 6. The molecule has 0 unspecified atom stereocenters. The number of hydrogen-bond donors (Lipinski definition) is 2. The number of anilines is 1. The lowest BCUT2D eigenvalue weighted by atomic mass is 10.1. The van der Waals surface area contributed by atoms with Crippen LogP contribution in [0.15, 0.2) is 34.2 Å². The van der Waals surface area contributed by atoms with Gasteiger partial charge < -0.3 is 10.1 Å². The second-order valence-electron chi connectivity index (χ2n) is 5.25. The number of ether oxygens (including phenoxy) is 1. The van der Waals surface area contributed by atoms with Gasteiger partial charge in [0.15, 0.2) is 10.9 Å². The van der Waals surface area contributed by atoms with Gasteiger partial charge in [0.2, 0.25) is 5.91 Å². The lowest BCUT2D eigenvalue weighted by Crippen LogP contribution is -2.20. The number of carbonyl (C=O) groups excluding carboxylic acids is 2. The summed E-state index contributed by atoms with van der Waals surface area (Å²) in [5.74, 6) is -0.332. The van der Waals surface area contributed by atoms with Crippen molar-refractivity contribution in [3.8, 4) is 0 Å². The van der Waals surface area contributed by atoms with Crippen LogP contribution in [0.4, 0.5) is 5.69 Å². The summed E-state index contributed by atoms with van der Waals surface area (Å²) < 4.78 is 6.44. The first-order valence-electron chi connectivity index (χ1n) is 7.69. The van der Waals surface area contributed by atoms with E-state index in [-0.39, 0.29) is 23.1 Å². The lowest BCUT2D eigenvalue weighted by molar-refractivity contribution is -0.113. The molecule has 0 radical (unpaired) electrons. The van der Waals surface area contributed by atoms with E-state index in [1.165, 1.54) is 11.5 Å². The molecule has 0 aliphatic carbocycles. The van der Waals surface area contributed by atoms with Crippen molar-refractivity contribution in [3.05, 3.63) is 40.3 Å². The zero-order chi connectivity index (χ0) is 18.2. The smallest absolute Gasteiger partial charge is 0.343 e. The lowest BCUT2D eigenvalue weighted by Gasteiger charge is -2.09. The van der Waals surface area contributed by atoms with Crippen LogP contribution in [-0.4, -0.2) is 45.9 Å². The maximum absolute atomic E-state index is 12.2. The number of ketones is 1. The summed E-state index contributed by atoms with van der Waals surface area (Å²) in [4.78, 5) is 35.5. The van der Waals surface area contributed by atoms with Crippen molar-refractivity contribution >= 4 is 29.1 Å². The Balaban J connectivity index is 1.97. The molecule has 2 N–H and O–H groups in total. The van der Waals surface area contributed by atoms with E-state index in [0.29, 0.717) is 36.0 Å². The molecule has 0 bridgehead atoms. The minimum absolute atomic E-state index is 0.0702. The maximum Gasteiger partial charge on any atom is 0.343 e. The molecule has 1 aromatic carbocycles. The monoisotopic (exact) mass is 364 g/mol. The molecule has 1 aromatic heterocycles. The molecule has 25 heavy (non-hydrogen) atoms. The summed E-state index contributed by atoms with van der Waals surface area (Å²) in [6.45, 7) is 2.44. The number of benzene rings is 1. The van der Waals surface area contributed by atoms with Gasteiger partial charge in [0, 0.05) is 25.8 Å². The Kier molecular flexibility index (Phi) is 6.96. The van der Waals surface area contributed by atoms with Crippen molar-refractivity contribution in [2.45, 2.75) is 25.0 Å². The highest BCUT2D eigenvalue weighted by Crippen LogP contribution is 2.18. The number of carbonyl (C=O) groups is 2. The molecule has 134 valence electrons. The molecule has 8 nitrogen and oxygen atoms in total. The third-order valence-electron chi connectivity index (χ3n) is 3.37. The van der Waals surface area contributed by atoms with Gasteiger partial charge in [-0.1, -0.05) is 23.9 Å². The molecule has 0 saturated heterocycles. The van der Waals surface area contributed by atoms with Crippen LogP contribution in [-0.2, 0) is 16.1 Å². The fraction of sp³-hybridized carbons (Fsp3) is 0.375. The number of para-hydroxylation sites is 1. The van der Waals surface area contributed by atoms with Crippen LogP contribution in [0.3, 0.4) is 0 Å². The number of methoxy groups -OCH3 is 1. The van der Waals surface area contributed by atoms with Gasteiger partial charge in [0.25, 0.3) is 0 Å². The molecule has 0 aliphatic heterocycles. The van der Waals surface area contributed by atoms with E-state index in [4.69, 9.17) is 4.74 Å². The van der Waals surface area contributed by atoms with Crippen molar-refractivity contribution < 1.29 is 14.3 Å². The second-order valence-corrected chi connectivity index (χ2v) is 6.19. The number of thioether (sulfide) groups is 1. The quantitative estimate of drug-likeness (QED) is 0.397. The summed E-state index contributed by atoms with van der Waals surface area (Å²) in [5, 5.41) is 9.47. The Bertz CT molecular complexity index is 799. The molecule has 0 spiro atoms. The number of nitrogens with zero attached hydrogens (tertiary/aromatic N) is 2. The number of aromatic nitrogens is 3. The van der Waals surface area contributed by atoms with Crippen LogP contribution in [0.25, 0.3) is 0 Å². The third kappa shape index (κ3) is 5.30. The summed E-state index contributed by atoms with van der Waals surface area (Å²) in [5.41, 5.74) is 0.609. The summed E-state index contributed by atoms with van der Waals surface area (Å²) in [7, 11) is 1.59. The first kappa shape index (κ1) is 18.9. The van der Waals surface area contributed by atoms with Gasteiger partial charge in [-0.05, 0) is 25.5 Å². The largest absolute Gasteiger partial charge is 0.385 e. The number of nitrogens with one attached hydrogen (secondary N) is 2. The molecular weight excluding hydrogens is 344 g/mol. The molecule has 2 aromatic rings. The van der Waals surface area contributed by atoms with E-state index in [1.54, 1.807) is 31.4 Å². The van der Waals surface area contributed by atoms with Gasteiger partial charge in [-0.15, -0.1) is 5.10 Å². The first-order chi connectivity index (χ1) is 12.0. The Morgan fingerprint density at radius 3 is 2.84 bits per heavy atom. The number of aromatic amines is 1. The van der Waals surface area contributed by atoms with Crippen molar-refractivity contribution in [2.24, 2.45) is 0 Å². The van der Waals surface area contributed by atoms with Crippen LogP contribution in [0, 0.1) is 0 Å². The van der Waals surface area contributed by atoms with Gasteiger partial charge in [-0.3, -0.25) is 14.2 Å². The molecule has 0 fully saturated rings. The van der Waals surface area contributed by atoms with Crippen LogP contribution in [0.2, 0.25) is 0 Å². The molecule has 0 atom stereocenters. The molecular formula is C16H20N4O4S. The molecule has 0 saturated carbocycles. The molecule has 1 heterocycles. The zero-order valence-corrected chi connectivity index (χ0v) is 14.9. The van der Waals surface area contributed by atoms with E-state index in [1.807, 2.05) is 0 Å². The highest BCUT2D eigenvalue weighted by Gasteiger charge is 2.13. The standard InChI is InChI=1S/C16H20N4O4S/c1-11(21)12-6-3-4-7-13(12)17-14(22)10-25-16-19-18-15(23)20(16)8-5-9-24-2/h3-4,6-7H,5,8-10H2,1-2H3,(H,17,22)(H,18,23). The van der Waals surface area contributed by atoms with Gasteiger partial charge in [-0.25, -0.2) is 9.89 Å². The highest BCUT2D eigenvalue weighted by atomic mass is 32.2. The topological polar surface area (TPSA) is 106 Å². The number of H-pyrrole nitrogens is 1. The van der Waals surface area contributed by atoms with E-state index >= 15 is 0 Å². The van der Waals surface area contributed by atoms with Crippen molar-refractivity contribution in [3.63, 3.8) is 0 Å². The van der Waals surface area contributed by atoms with Gasteiger partial charge in [-0.2, -0.15) is 0 Å². The van der Waals surface area contributed by atoms with Gasteiger partial charge in [0.05, 0.1) is 11.4 Å². The van der Waals surface area contributed by atoms with Crippen LogP contribution in [0.1, 0.15) is 23.7 Å². The fourth-order valence-electron chi connectivity index (χ4n) is 2.19. The maximum atomic E-state index is 12.2. The third-order valence-corrected chi connectivity index (χ3v) is 4.34. The Morgan fingerprint density at radius 1 is 1.36 bits per heavy atom. The van der Waals surface area contributed by atoms with Crippen LogP contribution in [0.5, 0.6) is 0 Å². The Labute approximate surface area is 149 Å². The summed E-state index contributed by atoms with van der Waals surface area (Å²) in [6, 6.07) is 6.82. The molecule has 0 aliphatic rings. The zero-order valence-electron chi connectivity index (χ0n) is 14.1. The van der Waals surface area contributed by atoms with Gasteiger partial charge in [0.1, 0.15) is 0 Å². The molecule has 1 amide bonds. The first-order valence-corrected chi connectivity index (χ1v) is 8.68. The van der Waals surface area contributed by atoms with E-state index in [9.17, 15) is 14.4 Å². The number of Topliss-reactive ketones (excluding diaryl/α,β-unsaturated/α-hetero) is 1. The van der Waals surface area contributed by atoms with Crippen LogP contribution < -0.4 is 11.0 Å².